The summed E-state index contributed by atoms with van der Waals surface area (Å²) < 4.78 is 26.4. The normalized spacial score (nSPS) is 11.0. The Morgan fingerprint density at radius 3 is 2.65 bits per heavy atom. The number of aromatic nitrogens is 2. The molecule has 0 amide bonds. The summed E-state index contributed by atoms with van der Waals surface area (Å²) in [5.74, 6) is -2.38. The van der Waals surface area contributed by atoms with E-state index in [9.17, 15) is 8.78 Å². The van der Waals surface area contributed by atoms with Crippen LogP contribution < -0.4 is 5.32 Å². The van der Waals surface area contributed by atoms with Gasteiger partial charge in [0, 0.05) is 23.3 Å². The Bertz CT molecular complexity index is 525. The quantitative estimate of drug-likeness (QED) is 0.776. The van der Waals surface area contributed by atoms with Gasteiger partial charge in [0.05, 0.1) is 12.2 Å². The summed E-state index contributed by atoms with van der Waals surface area (Å²) in [6, 6.07) is 8.99. The molecule has 0 aliphatic heterocycles. The Kier molecular flexibility index (Phi) is 5.40. The first-order chi connectivity index (χ1) is 9.69. The maximum absolute atomic E-state index is 12.2. The van der Waals surface area contributed by atoms with E-state index in [1.807, 2.05) is 22.9 Å². The van der Waals surface area contributed by atoms with E-state index >= 15 is 0 Å². The SMILES string of the molecule is CCCn1nccc1CNc1ccc(SC(F)F)cc1. The number of nitrogens with one attached hydrogen (secondary N) is 1. The Balaban J connectivity index is 1.92. The van der Waals surface area contributed by atoms with Gasteiger partial charge in [0.25, 0.3) is 5.76 Å². The van der Waals surface area contributed by atoms with Crippen molar-refractivity contribution in [2.24, 2.45) is 0 Å². The van der Waals surface area contributed by atoms with Crippen LogP contribution in [-0.2, 0) is 13.1 Å². The molecule has 1 N–H and O–H groups in total. The molecule has 0 unspecified atom stereocenters. The molecule has 0 saturated carbocycles. The van der Waals surface area contributed by atoms with Crippen LogP contribution in [0, 0.1) is 0 Å². The maximum atomic E-state index is 12.2. The molecule has 1 aromatic heterocycles. The zero-order valence-electron chi connectivity index (χ0n) is 11.2. The number of hydrogen-bond acceptors (Lipinski definition) is 3. The Morgan fingerprint density at radius 1 is 1.25 bits per heavy atom. The van der Waals surface area contributed by atoms with E-state index in [0.717, 1.165) is 24.3 Å². The molecule has 6 heteroatoms. The van der Waals surface area contributed by atoms with Crippen molar-refractivity contribution in [2.75, 3.05) is 5.32 Å². The summed E-state index contributed by atoms with van der Waals surface area (Å²) in [6.07, 6.45) is 2.82. The Labute approximate surface area is 121 Å². The van der Waals surface area contributed by atoms with Crippen molar-refractivity contribution < 1.29 is 8.78 Å². The predicted molar refractivity (Wildman–Crippen MR) is 78.1 cm³/mol. The van der Waals surface area contributed by atoms with Crippen LogP contribution in [0.1, 0.15) is 19.0 Å². The number of benzene rings is 1. The summed E-state index contributed by atoms with van der Waals surface area (Å²) in [7, 11) is 0. The lowest BCUT2D eigenvalue weighted by Gasteiger charge is -2.09. The predicted octanol–water partition coefficient (Wildman–Crippen LogP) is 4.22. The second kappa shape index (κ2) is 7.28. The van der Waals surface area contributed by atoms with E-state index in [0.29, 0.717) is 23.2 Å². The minimum atomic E-state index is -2.38. The van der Waals surface area contributed by atoms with Crippen LogP contribution in [-0.4, -0.2) is 15.5 Å². The third-order valence-electron chi connectivity index (χ3n) is 2.79. The van der Waals surface area contributed by atoms with Crippen LogP contribution in [0.15, 0.2) is 41.4 Å². The molecule has 0 aliphatic carbocycles. The summed E-state index contributed by atoms with van der Waals surface area (Å²) >= 11 is 0.557. The van der Waals surface area contributed by atoms with Gasteiger partial charge < -0.3 is 5.32 Å². The third kappa shape index (κ3) is 4.23. The van der Waals surface area contributed by atoms with Gasteiger partial charge in [0.15, 0.2) is 0 Å². The van der Waals surface area contributed by atoms with Gasteiger partial charge in [0.2, 0.25) is 0 Å². The van der Waals surface area contributed by atoms with E-state index in [1.165, 1.54) is 0 Å². The highest BCUT2D eigenvalue weighted by atomic mass is 32.2. The van der Waals surface area contributed by atoms with Crippen LogP contribution in [0.2, 0.25) is 0 Å². The van der Waals surface area contributed by atoms with Crippen LogP contribution in [0.4, 0.5) is 14.5 Å². The minimum Gasteiger partial charge on any atom is -0.379 e. The fraction of sp³-hybridized carbons (Fsp3) is 0.357. The van der Waals surface area contributed by atoms with Crippen molar-refractivity contribution in [2.45, 2.75) is 37.1 Å². The lowest BCUT2D eigenvalue weighted by Crippen LogP contribution is -2.08. The number of rotatable bonds is 7. The van der Waals surface area contributed by atoms with Crippen LogP contribution >= 0.6 is 11.8 Å². The van der Waals surface area contributed by atoms with Crippen molar-refractivity contribution in [3.05, 3.63) is 42.2 Å². The molecule has 0 spiro atoms. The standard InChI is InChI=1S/C14H17F2N3S/c1-2-9-19-12(7-8-18-19)10-17-11-3-5-13(6-4-11)20-14(15)16/h3-8,14,17H,2,9-10H2,1H3. The third-order valence-corrected chi connectivity index (χ3v) is 3.52. The minimum absolute atomic E-state index is 0.557. The number of halogens is 2. The van der Waals surface area contributed by atoms with E-state index in [1.54, 1.807) is 18.3 Å². The Hall–Kier alpha value is -1.56. The van der Waals surface area contributed by atoms with Gasteiger partial charge >= 0.3 is 0 Å². The van der Waals surface area contributed by atoms with Crippen molar-refractivity contribution in [1.29, 1.82) is 0 Å². The van der Waals surface area contributed by atoms with Gasteiger partial charge in [-0.15, -0.1) is 0 Å². The van der Waals surface area contributed by atoms with Gasteiger partial charge in [0.1, 0.15) is 0 Å². The summed E-state index contributed by atoms with van der Waals surface area (Å²) in [6.45, 7) is 3.67. The van der Waals surface area contributed by atoms with Crippen LogP contribution in [0.5, 0.6) is 0 Å². The fourth-order valence-electron chi connectivity index (χ4n) is 1.87. The highest BCUT2D eigenvalue weighted by molar-refractivity contribution is 7.99. The number of hydrogen-bond donors (Lipinski definition) is 1. The number of aryl methyl sites for hydroxylation is 1. The lowest BCUT2D eigenvalue weighted by atomic mass is 10.3. The molecule has 0 aliphatic rings. The van der Waals surface area contributed by atoms with Gasteiger partial charge in [-0.3, -0.25) is 4.68 Å². The van der Waals surface area contributed by atoms with E-state index in [2.05, 4.69) is 17.3 Å². The first-order valence-electron chi connectivity index (χ1n) is 6.48. The molecule has 0 saturated heterocycles. The molecular formula is C14H17F2N3S. The summed E-state index contributed by atoms with van der Waals surface area (Å²) in [5, 5.41) is 7.52. The van der Waals surface area contributed by atoms with Crippen molar-refractivity contribution in [3.63, 3.8) is 0 Å². The van der Waals surface area contributed by atoms with Crippen LogP contribution in [0.25, 0.3) is 0 Å². The molecule has 20 heavy (non-hydrogen) atoms. The topological polar surface area (TPSA) is 29.9 Å². The highest BCUT2D eigenvalue weighted by Crippen LogP contribution is 2.26. The molecule has 108 valence electrons. The number of anilines is 1. The Morgan fingerprint density at radius 2 is 2.00 bits per heavy atom. The first-order valence-corrected chi connectivity index (χ1v) is 7.36. The number of alkyl halides is 2. The molecule has 1 heterocycles. The van der Waals surface area contributed by atoms with Gasteiger partial charge in [-0.2, -0.15) is 13.9 Å². The highest BCUT2D eigenvalue weighted by Gasteiger charge is 2.05. The van der Waals surface area contributed by atoms with Gasteiger partial charge in [-0.05, 0) is 36.8 Å². The second-order valence-corrected chi connectivity index (χ2v) is 5.37. The van der Waals surface area contributed by atoms with E-state index in [4.69, 9.17) is 0 Å². The van der Waals surface area contributed by atoms with Crippen molar-refractivity contribution in [3.8, 4) is 0 Å². The molecule has 0 bridgehead atoms. The molecule has 2 rings (SSSR count). The maximum Gasteiger partial charge on any atom is 0.288 e. The monoisotopic (exact) mass is 297 g/mol. The molecule has 0 radical (unpaired) electrons. The van der Waals surface area contributed by atoms with Gasteiger partial charge in [-0.25, -0.2) is 0 Å². The smallest absolute Gasteiger partial charge is 0.288 e. The molecule has 3 nitrogen and oxygen atoms in total. The zero-order chi connectivity index (χ0) is 14.4. The molecule has 0 fully saturated rings. The molecule has 1 aromatic carbocycles. The number of thioether (sulfide) groups is 1. The van der Waals surface area contributed by atoms with E-state index < -0.39 is 5.76 Å². The lowest BCUT2D eigenvalue weighted by molar-refractivity contribution is 0.252. The largest absolute Gasteiger partial charge is 0.379 e. The van der Waals surface area contributed by atoms with E-state index in [-0.39, 0.29) is 0 Å². The zero-order valence-corrected chi connectivity index (χ0v) is 12.0. The average molecular weight is 297 g/mol. The average Bonchev–Trinajstić information content (AvgIpc) is 2.85. The first kappa shape index (κ1) is 14.8. The summed E-state index contributed by atoms with van der Waals surface area (Å²) in [5.41, 5.74) is 2.02. The van der Waals surface area contributed by atoms with Crippen molar-refractivity contribution >= 4 is 17.4 Å². The van der Waals surface area contributed by atoms with Crippen LogP contribution in [0.3, 0.4) is 0 Å². The summed E-state index contributed by atoms with van der Waals surface area (Å²) in [4.78, 5) is 0.571. The molecule has 0 atom stereocenters. The molecular weight excluding hydrogens is 280 g/mol. The van der Waals surface area contributed by atoms with Gasteiger partial charge in [-0.1, -0.05) is 18.7 Å². The second-order valence-electron chi connectivity index (χ2n) is 4.30. The van der Waals surface area contributed by atoms with Crippen molar-refractivity contribution in [1.82, 2.24) is 9.78 Å². The molecule has 2 aromatic rings. The fourth-order valence-corrected chi connectivity index (χ4v) is 2.37. The number of nitrogens with zero attached hydrogens (tertiary/aromatic N) is 2.